The monoisotopic (exact) mass is 517 g/mol. The molecule has 2 rings (SSSR count). The second-order valence-corrected chi connectivity index (χ2v) is 14.3. The Morgan fingerprint density at radius 2 is 1.56 bits per heavy atom. The molecule has 1 aromatic carbocycles. The second-order valence-electron chi connectivity index (χ2n) is 13.2. The molecule has 207 valence electrons. The van der Waals surface area contributed by atoms with E-state index in [0.717, 1.165) is 34.3 Å². The van der Waals surface area contributed by atoms with E-state index < -0.39 is 11.0 Å². The highest BCUT2D eigenvalue weighted by Gasteiger charge is 2.35. The Morgan fingerprint density at radius 3 is 1.86 bits per heavy atom. The lowest BCUT2D eigenvalue weighted by atomic mass is 9.73. The summed E-state index contributed by atoms with van der Waals surface area (Å²) in [7, 11) is 1.78. The third kappa shape index (κ3) is 11.3. The minimum absolute atomic E-state index is 0.0207. The Bertz CT molecular complexity index is 784. The lowest BCUT2D eigenvalue weighted by Crippen LogP contribution is -2.45. The zero-order valence-electron chi connectivity index (χ0n) is 26.2. The van der Waals surface area contributed by atoms with Crippen molar-refractivity contribution < 1.29 is 9.45 Å². The summed E-state index contributed by atoms with van der Waals surface area (Å²) in [6.45, 7) is 29.4. The molecule has 1 radical (unpaired) electrons. The molecule has 1 aliphatic rings. The maximum Gasteiger partial charge on any atom is 0.330 e. The van der Waals surface area contributed by atoms with Gasteiger partial charge in [0.25, 0.3) is 0 Å². The zero-order valence-corrected chi connectivity index (χ0v) is 27.1. The van der Waals surface area contributed by atoms with Gasteiger partial charge in [0.1, 0.15) is 5.78 Å². The first kappa shape index (κ1) is 35.3. The first-order valence-corrected chi connectivity index (χ1v) is 14.6. The molecule has 0 unspecified atom stereocenters. The van der Waals surface area contributed by atoms with Crippen molar-refractivity contribution in [3.63, 3.8) is 0 Å². The fourth-order valence-corrected chi connectivity index (χ4v) is 4.13. The largest absolute Gasteiger partial charge is 0.428 e. The van der Waals surface area contributed by atoms with Gasteiger partial charge in [-0.25, -0.2) is 0 Å². The fraction of sp³-hybridized carbons (Fsp3) is 0.781. The number of hydrogen-bond acceptors (Lipinski definition) is 3. The number of aryl methyl sites for hydroxylation is 1. The van der Waals surface area contributed by atoms with Crippen molar-refractivity contribution >= 4 is 31.4 Å². The van der Waals surface area contributed by atoms with Crippen molar-refractivity contribution in [2.75, 3.05) is 0 Å². The van der Waals surface area contributed by atoms with E-state index in [1.165, 1.54) is 25.7 Å². The van der Waals surface area contributed by atoms with Gasteiger partial charge >= 0.3 is 7.48 Å². The summed E-state index contributed by atoms with van der Waals surface area (Å²) in [5.41, 5.74) is 2.30. The maximum absolute atomic E-state index is 12.5. The van der Waals surface area contributed by atoms with Gasteiger partial charge in [0.15, 0.2) is 0 Å². The van der Waals surface area contributed by atoms with Crippen LogP contribution in [0, 0.1) is 30.6 Å². The van der Waals surface area contributed by atoms with Gasteiger partial charge in [-0.05, 0) is 90.2 Å². The van der Waals surface area contributed by atoms with Crippen LogP contribution in [0.4, 0.5) is 0 Å². The number of hydrogen-bond donors (Lipinski definition) is 1. The summed E-state index contributed by atoms with van der Waals surface area (Å²) in [5.74, 6) is 3.30. The molecule has 1 saturated carbocycles. The van der Waals surface area contributed by atoms with Crippen molar-refractivity contribution in [1.29, 1.82) is 0 Å². The third-order valence-electron chi connectivity index (χ3n) is 7.89. The van der Waals surface area contributed by atoms with Crippen LogP contribution in [-0.2, 0) is 14.9 Å². The highest BCUT2D eigenvalue weighted by atomic mass is 32.1. The van der Waals surface area contributed by atoms with E-state index in [-0.39, 0.29) is 16.4 Å². The summed E-state index contributed by atoms with van der Waals surface area (Å²) < 4.78 is 5.72. The average Bonchev–Trinajstić information content (AvgIpc) is 2.74. The van der Waals surface area contributed by atoms with Gasteiger partial charge in [-0.1, -0.05) is 85.0 Å². The first-order chi connectivity index (χ1) is 16.3. The Labute approximate surface area is 231 Å². The minimum atomic E-state index is -0.482. The number of ketones is 1. The van der Waals surface area contributed by atoms with E-state index in [9.17, 15) is 4.79 Å². The number of carbonyl (C=O) groups excluding carboxylic acids is 1. The number of thiol groups is 1. The van der Waals surface area contributed by atoms with Crippen LogP contribution in [0.3, 0.4) is 0 Å². The van der Waals surface area contributed by atoms with E-state index in [0.29, 0.717) is 0 Å². The molecule has 2 nitrogen and oxygen atoms in total. The Balaban J connectivity index is 0.000000830. The summed E-state index contributed by atoms with van der Waals surface area (Å²) in [4.78, 5) is 12.5. The molecule has 0 aliphatic heterocycles. The Morgan fingerprint density at radius 1 is 1.06 bits per heavy atom. The van der Waals surface area contributed by atoms with Crippen LogP contribution in [-0.4, -0.2) is 23.6 Å². The van der Waals surface area contributed by atoms with Crippen molar-refractivity contribution in [1.82, 2.24) is 0 Å². The highest BCUT2D eigenvalue weighted by Crippen LogP contribution is 2.35. The average molecular weight is 518 g/mol. The van der Waals surface area contributed by atoms with E-state index in [2.05, 4.69) is 60.2 Å². The quantitative estimate of drug-likeness (QED) is 0.262. The van der Waals surface area contributed by atoms with Crippen molar-refractivity contribution in [3.8, 4) is 0 Å². The Hall–Kier alpha value is -0.735. The molecule has 0 spiro atoms. The van der Waals surface area contributed by atoms with Crippen LogP contribution in [0.2, 0.25) is 0 Å². The number of Topliss-reactive ketones (excluding diaryl/α,β-unsaturated/α-hetero) is 1. The molecule has 0 N–H and O–H groups in total. The van der Waals surface area contributed by atoms with Gasteiger partial charge in [0, 0.05) is 16.1 Å². The minimum Gasteiger partial charge on any atom is -0.428 e. The topological polar surface area (TPSA) is 26.3 Å². The molecule has 0 saturated heterocycles. The molecule has 0 amide bonds. The lowest BCUT2D eigenvalue weighted by molar-refractivity contribution is -0.126. The Kier molecular flexibility index (Phi) is 14.7. The molecule has 0 aromatic heterocycles. The second kappa shape index (κ2) is 15.0. The summed E-state index contributed by atoms with van der Waals surface area (Å²) in [6.07, 6.45) is 5.71. The molecule has 0 bridgehead atoms. The van der Waals surface area contributed by atoms with E-state index in [1.54, 1.807) is 7.48 Å². The standard InChI is InChI=1S/C20H32BO2S.C7H14.C5H12/c1-13(2)17(22)18(4,5)16-11-10-15(12-14(16)3)21-23-19(6,7)20(8,9)24;1-3-7-4-6(2)5-7;1-4-5(2)3/h10-13,24H,1-9H3;6-7H,3-5H2,1-2H3;5H,4H2,1-3H3. The number of benzene rings is 1. The van der Waals surface area contributed by atoms with Gasteiger partial charge in [0.05, 0.1) is 5.60 Å². The van der Waals surface area contributed by atoms with Gasteiger partial charge in [-0.2, -0.15) is 12.6 Å². The molecule has 1 aliphatic carbocycles. The number of rotatable bonds is 9. The maximum atomic E-state index is 12.5. The van der Waals surface area contributed by atoms with E-state index >= 15 is 0 Å². The molecular weight excluding hydrogens is 459 g/mol. The van der Waals surface area contributed by atoms with Crippen LogP contribution in [0.1, 0.15) is 127 Å². The van der Waals surface area contributed by atoms with Crippen molar-refractivity contribution in [2.45, 2.75) is 138 Å². The van der Waals surface area contributed by atoms with Crippen LogP contribution >= 0.6 is 12.6 Å². The normalized spacial score (nSPS) is 18.0. The first-order valence-electron chi connectivity index (χ1n) is 14.2. The van der Waals surface area contributed by atoms with Crippen molar-refractivity contribution in [3.05, 3.63) is 29.3 Å². The molecule has 4 heteroatoms. The molecule has 0 heterocycles. The highest BCUT2D eigenvalue weighted by molar-refractivity contribution is 7.81. The fourth-order valence-electron chi connectivity index (χ4n) is 4.08. The molecule has 1 fully saturated rings. The summed E-state index contributed by atoms with van der Waals surface area (Å²) >= 11 is 4.62. The van der Waals surface area contributed by atoms with Gasteiger partial charge in [-0.15, -0.1) is 0 Å². The molecule has 0 atom stereocenters. The molecule has 1 aromatic rings. The molecular formula is C32H58BO2S. The predicted molar refractivity (Wildman–Crippen MR) is 165 cm³/mol. The molecule has 36 heavy (non-hydrogen) atoms. The SMILES string of the molecule is CCC(C)C.CCC1CC(C)C1.Cc1cc([B]OC(C)(C)C(C)(C)S)ccc1C(C)(C)C(=O)C(C)C. The smallest absolute Gasteiger partial charge is 0.330 e. The summed E-state index contributed by atoms with van der Waals surface area (Å²) in [5, 5.41) is 0. The van der Waals surface area contributed by atoms with Crippen LogP contribution < -0.4 is 5.46 Å². The predicted octanol–water partition coefficient (Wildman–Crippen LogP) is 8.74. The van der Waals surface area contributed by atoms with Crippen molar-refractivity contribution in [2.24, 2.45) is 23.7 Å². The van der Waals surface area contributed by atoms with Crippen LogP contribution in [0.15, 0.2) is 18.2 Å². The lowest BCUT2D eigenvalue weighted by Gasteiger charge is -2.38. The van der Waals surface area contributed by atoms with E-state index in [1.807, 2.05) is 67.5 Å². The van der Waals surface area contributed by atoms with Gasteiger partial charge in [-0.3, -0.25) is 4.79 Å². The van der Waals surface area contributed by atoms with Crippen LogP contribution in [0.25, 0.3) is 0 Å². The van der Waals surface area contributed by atoms with Crippen LogP contribution in [0.5, 0.6) is 0 Å². The van der Waals surface area contributed by atoms with E-state index in [4.69, 9.17) is 4.65 Å². The third-order valence-corrected chi connectivity index (χ3v) is 8.43. The zero-order chi connectivity index (χ0) is 28.5. The van der Waals surface area contributed by atoms with Gasteiger partial charge in [0.2, 0.25) is 0 Å². The number of carbonyl (C=O) groups is 1. The van der Waals surface area contributed by atoms with Gasteiger partial charge < -0.3 is 4.65 Å². The summed E-state index contributed by atoms with van der Waals surface area (Å²) in [6, 6.07) is 6.13.